The monoisotopic (exact) mass is 441 g/mol. The number of urea groups is 1. The van der Waals surface area contributed by atoms with E-state index in [2.05, 4.69) is 5.32 Å². The maximum absolute atomic E-state index is 13.0. The van der Waals surface area contributed by atoms with Crippen LogP contribution in [-0.2, 0) is 10.3 Å². The molecule has 0 radical (unpaired) electrons. The van der Waals surface area contributed by atoms with E-state index in [1.165, 1.54) is 0 Å². The Morgan fingerprint density at radius 1 is 1.00 bits per heavy atom. The fraction of sp³-hybridized carbons (Fsp3) is 0.192. The normalized spacial score (nSPS) is 18.5. The van der Waals surface area contributed by atoms with Gasteiger partial charge in [-0.2, -0.15) is 5.26 Å². The SMILES string of the molecule is CC1(c2ccc(C#N)cc2)NC(=O)N(CC(O)COc2ccc(-c3ccccc3)cc2)C1=O. The number of hydrogen-bond donors (Lipinski definition) is 2. The number of nitrogens with zero attached hydrogens (tertiary/aromatic N) is 2. The summed E-state index contributed by atoms with van der Waals surface area (Å²) in [6.07, 6.45) is -1.06. The summed E-state index contributed by atoms with van der Waals surface area (Å²) >= 11 is 0. The Hall–Kier alpha value is -4.15. The number of nitrogens with one attached hydrogen (secondary N) is 1. The van der Waals surface area contributed by atoms with E-state index >= 15 is 0 Å². The molecule has 1 heterocycles. The molecule has 33 heavy (non-hydrogen) atoms. The number of amides is 3. The second-order valence-electron chi connectivity index (χ2n) is 8.02. The van der Waals surface area contributed by atoms with Crippen LogP contribution in [0.4, 0.5) is 4.79 Å². The first-order chi connectivity index (χ1) is 15.9. The molecule has 0 bridgehead atoms. The van der Waals surface area contributed by atoms with Crippen molar-refractivity contribution >= 4 is 11.9 Å². The van der Waals surface area contributed by atoms with Crippen LogP contribution in [0, 0.1) is 11.3 Å². The zero-order chi connectivity index (χ0) is 23.4. The number of β-amino-alcohol motifs (C(OH)–C–C–N with tert-alkyl or cyclic N) is 1. The van der Waals surface area contributed by atoms with Gasteiger partial charge in [-0.05, 0) is 47.9 Å². The van der Waals surface area contributed by atoms with E-state index in [9.17, 15) is 14.7 Å². The van der Waals surface area contributed by atoms with Crippen molar-refractivity contribution in [2.75, 3.05) is 13.2 Å². The zero-order valence-electron chi connectivity index (χ0n) is 18.1. The molecule has 2 atom stereocenters. The van der Waals surface area contributed by atoms with Crippen molar-refractivity contribution in [3.63, 3.8) is 0 Å². The lowest BCUT2D eigenvalue weighted by atomic mass is 9.91. The molecule has 0 spiro atoms. The first kappa shape index (κ1) is 22.1. The van der Waals surface area contributed by atoms with Crippen LogP contribution in [0.1, 0.15) is 18.1 Å². The minimum Gasteiger partial charge on any atom is -0.491 e. The molecule has 3 aromatic carbocycles. The van der Waals surface area contributed by atoms with Crippen LogP contribution in [0.3, 0.4) is 0 Å². The molecular formula is C26H23N3O4. The molecule has 3 aromatic rings. The molecule has 3 amide bonds. The summed E-state index contributed by atoms with van der Waals surface area (Å²) < 4.78 is 5.65. The highest BCUT2D eigenvalue weighted by atomic mass is 16.5. The Kier molecular flexibility index (Phi) is 6.11. The summed E-state index contributed by atoms with van der Waals surface area (Å²) in [6, 6.07) is 25.3. The molecule has 1 aliphatic heterocycles. The number of hydrogen-bond acceptors (Lipinski definition) is 5. The molecule has 1 saturated heterocycles. The van der Waals surface area contributed by atoms with E-state index in [0.717, 1.165) is 16.0 Å². The molecule has 0 aromatic heterocycles. The topological polar surface area (TPSA) is 103 Å². The molecule has 1 fully saturated rings. The van der Waals surface area contributed by atoms with Gasteiger partial charge in [0.05, 0.1) is 18.2 Å². The standard InChI is InChI=1S/C26H23N3O4/c1-26(21-11-7-18(15-27)8-12-21)24(31)29(25(32)28-26)16-22(30)17-33-23-13-9-20(10-14-23)19-5-3-2-4-6-19/h2-14,22,30H,16-17H2,1H3,(H,28,32). The third-order valence-electron chi connectivity index (χ3n) is 5.66. The van der Waals surface area contributed by atoms with Crippen molar-refractivity contribution in [1.29, 1.82) is 5.26 Å². The van der Waals surface area contributed by atoms with Crippen LogP contribution in [0.2, 0.25) is 0 Å². The smallest absolute Gasteiger partial charge is 0.325 e. The predicted molar refractivity (Wildman–Crippen MR) is 122 cm³/mol. The third kappa shape index (κ3) is 4.56. The fourth-order valence-corrected chi connectivity index (χ4v) is 3.77. The lowest BCUT2D eigenvalue weighted by Crippen LogP contribution is -2.42. The Morgan fingerprint density at radius 2 is 1.64 bits per heavy atom. The van der Waals surface area contributed by atoms with Gasteiger partial charge in [0.25, 0.3) is 5.91 Å². The molecule has 7 heteroatoms. The number of aliphatic hydroxyl groups excluding tert-OH is 1. The Labute approximate surface area is 191 Å². The van der Waals surface area contributed by atoms with Crippen molar-refractivity contribution in [2.24, 2.45) is 0 Å². The highest BCUT2D eigenvalue weighted by Gasteiger charge is 2.49. The molecule has 0 aliphatic carbocycles. The van der Waals surface area contributed by atoms with Gasteiger partial charge in [0.15, 0.2) is 0 Å². The maximum Gasteiger partial charge on any atom is 0.325 e. The Bertz CT molecular complexity index is 1190. The third-order valence-corrected chi connectivity index (χ3v) is 5.66. The minimum absolute atomic E-state index is 0.0741. The van der Waals surface area contributed by atoms with E-state index < -0.39 is 23.6 Å². The second-order valence-corrected chi connectivity index (χ2v) is 8.02. The van der Waals surface area contributed by atoms with Crippen molar-refractivity contribution in [3.05, 3.63) is 90.0 Å². The molecule has 2 unspecified atom stereocenters. The number of nitriles is 1. The average molecular weight is 441 g/mol. The predicted octanol–water partition coefficient (Wildman–Crippen LogP) is 3.43. The van der Waals surface area contributed by atoms with E-state index in [-0.39, 0.29) is 13.2 Å². The first-order valence-electron chi connectivity index (χ1n) is 10.5. The number of benzene rings is 3. The lowest BCUT2D eigenvalue weighted by Gasteiger charge is -2.23. The summed E-state index contributed by atoms with van der Waals surface area (Å²) in [7, 11) is 0. The second kappa shape index (κ2) is 9.15. The molecular weight excluding hydrogens is 418 g/mol. The van der Waals surface area contributed by atoms with Crippen LogP contribution in [0.15, 0.2) is 78.9 Å². The molecule has 4 rings (SSSR count). The molecule has 1 aliphatic rings. The van der Waals surface area contributed by atoms with Gasteiger partial charge in [0.1, 0.15) is 24.0 Å². The van der Waals surface area contributed by atoms with Gasteiger partial charge in [0.2, 0.25) is 0 Å². The quantitative estimate of drug-likeness (QED) is 0.547. The summed E-state index contributed by atoms with van der Waals surface area (Å²) in [5.41, 5.74) is 1.89. The summed E-state index contributed by atoms with van der Waals surface area (Å²) in [5.74, 6) is 0.108. The fourth-order valence-electron chi connectivity index (χ4n) is 3.77. The zero-order valence-corrected chi connectivity index (χ0v) is 18.1. The summed E-state index contributed by atoms with van der Waals surface area (Å²) in [4.78, 5) is 26.5. The van der Waals surface area contributed by atoms with Gasteiger partial charge < -0.3 is 15.2 Å². The first-order valence-corrected chi connectivity index (χ1v) is 10.5. The van der Waals surface area contributed by atoms with Crippen molar-refractivity contribution in [3.8, 4) is 22.9 Å². The van der Waals surface area contributed by atoms with Gasteiger partial charge in [-0.1, -0.05) is 54.6 Å². The molecule has 2 N–H and O–H groups in total. The molecule has 0 saturated carbocycles. The lowest BCUT2D eigenvalue weighted by molar-refractivity contribution is -0.132. The highest BCUT2D eigenvalue weighted by molar-refractivity contribution is 6.07. The van der Waals surface area contributed by atoms with Crippen molar-refractivity contribution < 1.29 is 19.4 Å². The van der Waals surface area contributed by atoms with Gasteiger partial charge in [0, 0.05) is 0 Å². The van der Waals surface area contributed by atoms with Crippen LogP contribution in [0.5, 0.6) is 5.75 Å². The van der Waals surface area contributed by atoms with Crippen LogP contribution >= 0.6 is 0 Å². The Morgan fingerprint density at radius 3 is 2.27 bits per heavy atom. The van der Waals surface area contributed by atoms with E-state index in [4.69, 9.17) is 10.00 Å². The largest absolute Gasteiger partial charge is 0.491 e. The van der Waals surface area contributed by atoms with E-state index in [1.54, 1.807) is 31.2 Å². The van der Waals surface area contributed by atoms with Gasteiger partial charge in [-0.15, -0.1) is 0 Å². The van der Waals surface area contributed by atoms with Gasteiger partial charge in [-0.3, -0.25) is 9.69 Å². The van der Waals surface area contributed by atoms with Crippen LogP contribution in [-0.4, -0.2) is 41.2 Å². The van der Waals surface area contributed by atoms with Gasteiger partial charge in [-0.25, -0.2) is 4.79 Å². The number of carbonyl (C=O) groups excluding carboxylic acids is 2. The number of rotatable bonds is 7. The number of carbonyl (C=O) groups is 2. The summed E-state index contributed by atoms with van der Waals surface area (Å²) in [5, 5.41) is 22.1. The average Bonchev–Trinajstić information content (AvgIpc) is 3.07. The molecule has 166 valence electrons. The highest BCUT2D eigenvalue weighted by Crippen LogP contribution is 2.29. The van der Waals surface area contributed by atoms with Gasteiger partial charge >= 0.3 is 6.03 Å². The minimum atomic E-state index is -1.26. The maximum atomic E-state index is 13.0. The van der Waals surface area contributed by atoms with Crippen molar-refractivity contribution in [1.82, 2.24) is 10.2 Å². The number of aliphatic hydroxyl groups is 1. The van der Waals surface area contributed by atoms with E-state index in [1.807, 2.05) is 60.7 Å². The Balaban J connectivity index is 1.36. The van der Waals surface area contributed by atoms with E-state index in [0.29, 0.717) is 16.9 Å². The number of imide groups is 1. The number of ether oxygens (including phenoxy) is 1. The van der Waals surface area contributed by atoms with Crippen LogP contribution < -0.4 is 10.1 Å². The summed E-state index contributed by atoms with van der Waals surface area (Å²) in [6.45, 7) is 1.33. The van der Waals surface area contributed by atoms with Crippen molar-refractivity contribution in [2.45, 2.75) is 18.6 Å². The molecule has 7 nitrogen and oxygen atoms in total. The van der Waals surface area contributed by atoms with Crippen LogP contribution in [0.25, 0.3) is 11.1 Å².